The summed E-state index contributed by atoms with van der Waals surface area (Å²) in [5.74, 6) is 6.29. The van der Waals surface area contributed by atoms with Crippen molar-refractivity contribution in [1.82, 2.24) is 0 Å². The Labute approximate surface area is 83.2 Å². The Hall–Kier alpha value is 0.660. The zero-order valence-corrected chi connectivity index (χ0v) is 9.05. The topological polar surface area (TPSA) is 26.0 Å². The average molecular weight is 203 g/mol. The van der Waals surface area contributed by atoms with Crippen LogP contribution in [0.3, 0.4) is 0 Å². The molecule has 70 valence electrons. The molecule has 2 fully saturated rings. The van der Waals surface area contributed by atoms with E-state index in [2.05, 4.69) is 23.5 Å². The Morgan fingerprint density at radius 3 is 2.58 bits per heavy atom. The molecule has 0 bridgehead atoms. The van der Waals surface area contributed by atoms with Gasteiger partial charge in [0.05, 0.1) is 0 Å². The number of nitrogens with two attached hydrogens (primary N) is 1. The van der Waals surface area contributed by atoms with Gasteiger partial charge >= 0.3 is 0 Å². The summed E-state index contributed by atoms with van der Waals surface area (Å²) in [6.07, 6.45) is 2.79. The molecular formula is C9H17NS2. The minimum atomic E-state index is 0.641. The van der Waals surface area contributed by atoms with Gasteiger partial charge in [0.25, 0.3) is 0 Å². The minimum Gasteiger partial charge on any atom is -0.330 e. The standard InChI is InChI=1S/C9H17NS2/c10-5-8-1-3-11-6-9(8)2-4-12-7-9/h8H,1-7,10H2. The van der Waals surface area contributed by atoms with Gasteiger partial charge in [-0.25, -0.2) is 0 Å². The van der Waals surface area contributed by atoms with Crippen molar-refractivity contribution in [1.29, 1.82) is 0 Å². The van der Waals surface area contributed by atoms with Crippen LogP contribution in [0, 0.1) is 11.3 Å². The zero-order valence-electron chi connectivity index (χ0n) is 7.42. The molecule has 12 heavy (non-hydrogen) atoms. The summed E-state index contributed by atoms with van der Waals surface area (Å²) >= 11 is 4.27. The van der Waals surface area contributed by atoms with Gasteiger partial charge in [-0.05, 0) is 42.2 Å². The lowest BCUT2D eigenvalue weighted by Crippen LogP contribution is -2.40. The van der Waals surface area contributed by atoms with Gasteiger partial charge in [0, 0.05) is 11.5 Å². The van der Waals surface area contributed by atoms with Gasteiger partial charge in [-0.1, -0.05) is 0 Å². The Morgan fingerprint density at radius 1 is 1.25 bits per heavy atom. The van der Waals surface area contributed by atoms with Crippen molar-refractivity contribution in [3.05, 3.63) is 0 Å². The van der Waals surface area contributed by atoms with Crippen molar-refractivity contribution in [2.75, 3.05) is 29.6 Å². The summed E-state index contributed by atoms with van der Waals surface area (Å²) in [5, 5.41) is 0. The summed E-state index contributed by atoms with van der Waals surface area (Å²) in [5.41, 5.74) is 6.48. The fraction of sp³-hybridized carbons (Fsp3) is 1.00. The third kappa shape index (κ3) is 1.51. The van der Waals surface area contributed by atoms with Crippen LogP contribution in [0.4, 0.5) is 0 Å². The van der Waals surface area contributed by atoms with Crippen molar-refractivity contribution in [3.63, 3.8) is 0 Å². The molecule has 2 atom stereocenters. The first-order chi connectivity index (χ1) is 5.87. The lowest BCUT2D eigenvalue weighted by molar-refractivity contribution is 0.222. The highest BCUT2D eigenvalue weighted by molar-refractivity contribution is 8.00. The molecule has 0 saturated carbocycles. The smallest absolute Gasteiger partial charge is 0.0000544 e. The molecule has 2 saturated heterocycles. The number of thioether (sulfide) groups is 2. The van der Waals surface area contributed by atoms with Crippen LogP contribution in [0.5, 0.6) is 0 Å². The van der Waals surface area contributed by atoms with Crippen LogP contribution in [0.25, 0.3) is 0 Å². The number of rotatable bonds is 1. The third-order valence-electron chi connectivity index (χ3n) is 3.28. The monoisotopic (exact) mass is 203 g/mol. The SMILES string of the molecule is NCC1CCSCC12CCSC2. The molecule has 0 aromatic carbocycles. The van der Waals surface area contributed by atoms with Crippen molar-refractivity contribution >= 4 is 23.5 Å². The Balaban J connectivity index is 2.07. The van der Waals surface area contributed by atoms with Crippen molar-refractivity contribution in [3.8, 4) is 0 Å². The van der Waals surface area contributed by atoms with Gasteiger partial charge < -0.3 is 5.73 Å². The molecule has 2 N–H and O–H groups in total. The quantitative estimate of drug-likeness (QED) is 0.704. The molecule has 2 rings (SSSR count). The largest absolute Gasteiger partial charge is 0.330 e. The van der Waals surface area contributed by atoms with E-state index in [1.807, 2.05) is 0 Å². The summed E-state index contributed by atoms with van der Waals surface area (Å²) in [4.78, 5) is 0. The van der Waals surface area contributed by atoms with Crippen LogP contribution >= 0.6 is 23.5 Å². The summed E-state index contributed by atoms with van der Waals surface area (Å²) in [7, 11) is 0. The van der Waals surface area contributed by atoms with Crippen LogP contribution in [0.1, 0.15) is 12.8 Å². The van der Waals surface area contributed by atoms with E-state index in [-0.39, 0.29) is 0 Å². The molecule has 2 aliphatic heterocycles. The van der Waals surface area contributed by atoms with Gasteiger partial charge in [-0.2, -0.15) is 23.5 Å². The molecule has 2 unspecified atom stereocenters. The van der Waals surface area contributed by atoms with Crippen LogP contribution in [0.15, 0.2) is 0 Å². The van der Waals surface area contributed by atoms with E-state index < -0.39 is 0 Å². The van der Waals surface area contributed by atoms with E-state index in [4.69, 9.17) is 5.73 Å². The molecule has 1 spiro atoms. The van der Waals surface area contributed by atoms with Gasteiger partial charge in [0.15, 0.2) is 0 Å². The van der Waals surface area contributed by atoms with Gasteiger partial charge in [-0.15, -0.1) is 0 Å². The van der Waals surface area contributed by atoms with E-state index in [9.17, 15) is 0 Å². The zero-order chi connectivity index (χ0) is 8.44. The Morgan fingerprint density at radius 2 is 2.00 bits per heavy atom. The van der Waals surface area contributed by atoms with E-state index >= 15 is 0 Å². The lowest BCUT2D eigenvalue weighted by atomic mass is 9.75. The van der Waals surface area contributed by atoms with E-state index in [0.29, 0.717) is 5.41 Å². The highest BCUT2D eigenvalue weighted by Gasteiger charge is 2.42. The number of hydrogen-bond donors (Lipinski definition) is 1. The van der Waals surface area contributed by atoms with Crippen molar-refractivity contribution < 1.29 is 0 Å². The van der Waals surface area contributed by atoms with Gasteiger partial charge in [-0.3, -0.25) is 0 Å². The summed E-state index contributed by atoms with van der Waals surface area (Å²) in [6.45, 7) is 0.918. The molecule has 0 aliphatic carbocycles. The van der Waals surface area contributed by atoms with E-state index in [1.165, 1.54) is 35.9 Å². The second kappa shape index (κ2) is 3.81. The second-order valence-corrected chi connectivity index (χ2v) is 6.15. The molecule has 0 aromatic rings. The normalized spacial score (nSPS) is 42.2. The fourth-order valence-electron chi connectivity index (χ4n) is 2.35. The van der Waals surface area contributed by atoms with Crippen molar-refractivity contribution in [2.24, 2.45) is 17.1 Å². The second-order valence-electron chi connectivity index (χ2n) is 3.94. The highest BCUT2D eigenvalue weighted by atomic mass is 32.2. The van der Waals surface area contributed by atoms with Gasteiger partial charge in [0.2, 0.25) is 0 Å². The van der Waals surface area contributed by atoms with Crippen LogP contribution in [-0.4, -0.2) is 29.6 Å². The average Bonchev–Trinajstić information content (AvgIpc) is 2.55. The molecule has 2 heterocycles. The minimum absolute atomic E-state index is 0.641. The first-order valence-electron chi connectivity index (χ1n) is 4.73. The molecular weight excluding hydrogens is 186 g/mol. The molecule has 0 radical (unpaired) electrons. The van der Waals surface area contributed by atoms with Crippen LogP contribution in [0.2, 0.25) is 0 Å². The van der Waals surface area contributed by atoms with Crippen LogP contribution < -0.4 is 5.73 Å². The molecule has 0 aromatic heterocycles. The molecule has 2 aliphatic rings. The maximum absolute atomic E-state index is 5.84. The maximum atomic E-state index is 5.84. The predicted octanol–water partition coefficient (Wildman–Crippen LogP) is 1.82. The Kier molecular flexibility index (Phi) is 2.93. The first-order valence-corrected chi connectivity index (χ1v) is 7.04. The fourth-order valence-corrected chi connectivity index (χ4v) is 5.55. The van der Waals surface area contributed by atoms with E-state index in [0.717, 1.165) is 12.5 Å². The molecule has 0 amide bonds. The maximum Gasteiger partial charge on any atom is 0.0000544 e. The summed E-state index contributed by atoms with van der Waals surface area (Å²) < 4.78 is 0. The molecule has 1 nitrogen and oxygen atoms in total. The van der Waals surface area contributed by atoms with E-state index in [1.54, 1.807) is 0 Å². The van der Waals surface area contributed by atoms with Crippen LogP contribution in [-0.2, 0) is 0 Å². The Bertz CT molecular complexity index is 155. The highest BCUT2D eigenvalue weighted by Crippen LogP contribution is 2.48. The first kappa shape index (κ1) is 9.22. The summed E-state index contributed by atoms with van der Waals surface area (Å²) in [6, 6.07) is 0. The third-order valence-corrected chi connectivity index (χ3v) is 5.86. The predicted molar refractivity (Wildman–Crippen MR) is 58.9 cm³/mol. The van der Waals surface area contributed by atoms with Gasteiger partial charge in [0.1, 0.15) is 0 Å². The van der Waals surface area contributed by atoms with Crippen molar-refractivity contribution in [2.45, 2.75) is 12.8 Å². The number of hydrogen-bond acceptors (Lipinski definition) is 3. The molecule has 3 heteroatoms. The lowest BCUT2D eigenvalue weighted by Gasteiger charge is -2.40.